The van der Waals surface area contributed by atoms with E-state index in [1.54, 1.807) is 45.9 Å². The van der Waals surface area contributed by atoms with Crippen LogP contribution >= 0.6 is 0 Å². The van der Waals surface area contributed by atoms with Crippen molar-refractivity contribution in [3.8, 4) is 5.75 Å². The van der Waals surface area contributed by atoms with Crippen LogP contribution in [0.1, 0.15) is 29.7 Å². The Balaban J connectivity index is 1.69. The van der Waals surface area contributed by atoms with Crippen molar-refractivity contribution in [2.24, 2.45) is 0 Å². The second kappa shape index (κ2) is 8.20. The Morgan fingerprint density at radius 3 is 2.59 bits per heavy atom. The number of halogens is 1. The Morgan fingerprint density at radius 2 is 1.89 bits per heavy atom. The molecule has 1 aromatic heterocycles. The van der Waals surface area contributed by atoms with Gasteiger partial charge in [-0.2, -0.15) is 5.10 Å². The van der Waals surface area contributed by atoms with E-state index in [1.165, 1.54) is 19.2 Å². The first-order valence-corrected chi connectivity index (χ1v) is 8.92. The highest BCUT2D eigenvalue weighted by Crippen LogP contribution is 2.24. The van der Waals surface area contributed by atoms with Gasteiger partial charge in [0.15, 0.2) is 11.6 Å². The molecule has 0 saturated carbocycles. The van der Waals surface area contributed by atoms with Crippen molar-refractivity contribution in [3.63, 3.8) is 0 Å². The van der Waals surface area contributed by atoms with Gasteiger partial charge < -0.3 is 14.5 Å². The summed E-state index contributed by atoms with van der Waals surface area (Å²) in [6.45, 7) is 3.68. The van der Waals surface area contributed by atoms with E-state index in [1.807, 2.05) is 0 Å². The van der Waals surface area contributed by atoms with Gasteiger partial charge in [-0.15, -0.1) is 0 Å². The fourth-order valence-corrected chi connectivity index (χ4v) is 3.28. The molecule has 1 atom stereocenters. The molecule has 0 radical (unpaired) electrons. The number of rotatable bonds is 4. The molecule has 1 saturated heterocycles. The summed E-state index contributed by atoms with van der Waals surface area (Å²) >= 11 is 0. The third-order valence-corrected chi connectivity index (χ3v) is 4.78. The van der Waals surface area contributed by atoms with Gasteiger partial charge in [0.1, 0.15) is 6.04 Å². The van der Waals surface area contributed by atoms with Crippen molar-refractivity contribution in [1.29, 1.82) is 0 Å². The van der Waals surface area contributed by atoms with Crippen molar-refractivity contribution >= 4 is 11.8 Å². The van der Waals surface area contributed by atoms with E-state index in [-0.39, 0.29) is 23.1 Å². The summed E-state index contributed by atoms with van der Waals surface area (Å²) in [6, 6.07) is 5.68. The Bertz CT molecular complexity index is 809. The summed E-state index contributed by atoms with van der Waals surface area (Å²) in [7, 11) is 1.34. The number of nitrogens with zero attached hydrogens (tertiary/aromatic N) is 4. The van der Waals surface area contributed by atoms with Gasteiger partial charge in [-0.25, -0.2) is 4.39 Å². The molecular formula is C19H23FN4O3. The molecule has 7 nitrogen and oxygen atoms in total. The molecule has 0 N–H and O–H groups in total. The molecule has 27 heavy (non-hydrogen) atoms. The van der Waals surface area contributed by atoms with Gasteiger partial charge >= 0.3 is 0 Å². The molecule has 8 heteroatoms. The summed E-state index contributed by atoms with van der Waals surface area (Å²) in [6.07, 6.45) is 4.05. The molecule has 1 unspecified atom stereocenters. The lowest BCUT2D eigenvalue weighted by molar-refractivity contribution is -0.134. The van der Waals surface area contributed by atoms with Crippen LogP contribution < -0.4 is 4.74 Å². The summed E-state index contributed by atoms with van der Waals surface area (Å²) in [5.41, 5.74) is 0.196. The summed E-state index contributed by atoms with van der Waals surface area (Å²) in [4.78, 5) is 29.0. The zero-order valence-electron chi connectivity index (χ0n) is 15.5. The topological polar surface area (TPSA) is 67.7 Å². The van der Waals surface area contributed by atoms with Gasteiger partial charge in [0, 0.05) is 38.6 Å². The van der Waals surface area contributed by atoms with E-state index in [0.29, 0.717) is 32.6 Å². The number of aromatic nitrogens is 2. The molecule has 0 spiro atoms. The zero-order valence-corrected chi connectivity index (χ0v) is 15.5. The first kappa shape index (κ1) is 18.9. The Kier molecular flexibility index (Phi) is 5.73. The predicted octanol–water partition coefficient (Wildman–Crippen LogP) is 1.97. The number of methoxy groups -OCH3 is 1. The maximum atomic E-state index is 13.9. The van der Waals surface area contributed by atoms with Crippen molar-refractivity contribution in [2.75, 3.05) is 33.3 Å². The lowest BCUT2D eigenvalue weighted by atomic mass is 10.1. The quantitative estimate of drug-likeness (QED) is 0.821. The van der Waals surface area contributed by atoms with Crippen LogP contribution in [0.5, 0.6) is 5.75 Å². The minimum atomic E-state index is -0.567. The number of carbonyl (C=O) groups is 2. The molecule has 1 aromatic carbocycles. The smallest absolute Gasteiger partial charge is 0.257 e. The highest BCUT2D eigenvalue weighted by atomic mass is 19.1. The number of benzene rings is 1. The van der Waals surface area contributed by atoms with E-state index in [0.717, 1.165) is 0 Å². The fourth-order valence-electron chi connectivity index (χ4n) is 3.28. The second-order valence-corrected chi connectivity index (χ2v) is 6.45. The summed E-state index contributed by atoms with van der Waals surface area (Å²) < 4.78 is 20.6. The Morgan fingerprint density at radius 1 is 1.15 bits per heavy atom. The van der Waals surface area contributed by atoms with Gasteiger partial charge in [-0.05, 0) is 31.5 Å². The van der Waals surface area contributed by atoms with Gasteiger partial charge in [-0.3, -0.25) is 14.3 Å². The van der Waals surface area contributed by atoms with Crippen LogP contribution in [0.25, 0.3) is 0 Å². The normalized spacial score (nSPS) is 16.0. The average Bonchev–Trinajstić information content (AvgIpc) is 3.10. The maximum Gasteiger partial charge on any atom is 0.257 e. The number of hydrogen-bond acceptors (Lipinski definition) is 4. The lowest BCUT2D eigenvalue weighted by Crippen LogP contribution is -2.40. The monoisotopic (exact) mass is 374 g/mol. The third-order valence-electron chi connectivity index (χ3n) is 4.78. The zero-order chi connectivity index (χ0) is 19.4. The van der Waals surface area contributed by atoms with Gasteiger partial charge in [0.25, 0.3) is 5.91 Å². The first-order chi connectivity index (χ1) is 13.0. The van der Waals surface area contributed by atoms with Gasteiger partial charge in [0.2, 0.25) is 5.91 Å². The molecule has 2 aromatic rings. The SMILES string of the molecule is COc1c(F)cccc1C(=O)N1CCCN(C(=O)C(C)n2cccn2)CC1. The Labute approximate surface area is 157 Å². The average molecular weight is 374 g/mol. The predicted molar refractivity (Wildman–Crippen MR) is 97.0 cm³/mol. The number of para-hydroxylation sites is 1. The summed E-state index contributed by atoms with van der Waals surface area (Å²) in [5.74, 6) is -0.938. The molecule has 3 rings (SSSR count). The van der Waals surface area contributed by atoms with Crippen LogP contribution in [-0.4, -0.2) is 64.7 Å². The molecule has 144 valence electrons. The van der Waals surface area contributed by atoms with E-state index >= 15 is 0 Å². The van der Waals surface area contributed by atoms with Crippen LogP contribution in [-0.2, 0) is 4.79 Å². The largest absolute Gasteiger partial charge is 0.493 e. The van der Waals surface area contributed by atoms with Crippen LogP contribution in [0.4, 0.5) is 4.39 Å². The van der Waals surface area contributed by atoms with E-state index < -0.39 is 11.9 Å². The van der Waals surface area contributed by atoms with Gasteiger partial charge in [-0.1, -0.05) is 6.07 Å². The molecule has 2 amide bonds. The lowest BCUT2D eigenvalue weighted by Gasteiger charge is -2.25. The highest BCUT2D eigenvalue weighted by molar-refractivity contribution is 5.97. The van der Waals surface area contributed by atoms with Crippen molar-refractivity contribution in [1.82, 2.24) is 19.6 Å². The molecule has 1 aliphatic rings. The standard InChI is InChI=1S/C19H23FN4O3/c1-14(24-11-4-8-21-24)18(25)22-9-5-10-23(13-12-22)19(26)15-6-3-7-16(20)17(15)27-2/h3-4,6-8,11,14H,5,9-10,12-13H2,1-2H3. The van der Waals surface area contributed by atoms with Crippen LogP contribution in [0.15, 0.2) is 36.7 Å². The number of amides is 2. The molecule has 2 heterocycles. The van der Waals surface area contributed by atoms with E-state index in [2.05, 4.69) is 5.10 Å². The third kappa shape index (κ3) is 3.94. The maximum absolute atomic E-state index is 13.9. The fraction of sp³-hybridized carbons (Fsp3) is 0.421. The second-order valence-electron chi connectivity index (χ2n) is 6.45. The summed E-state index contributed by atoms with van der Waals surface area (Å²) in [5, 5.41) is 4.12. The molecule has 0 aliphatic carbocycles. The Hall–Kier alpha value is -2.90. The molecular weight excluding hydrogens is 351 g/mol. The van der Waals surface area contributed by atoms with Gasteiger partial charge in [0.05, 0.1) is 12.7 Å². The van der Waals surface area contributed by atoms with Crippen molar-refractivity contribution in [2.45, 2.75) is 19.4 Å². The minimum absolute atomic E-state index is 0.0312. The number of hydrogen-bond donors (Lipinski definition) is 0. The highest BCUT2D eigenvalue weighted by Gasteiger charge is 2.28. The molecule has 1 fully saturated rings. The van der Waals surface area contributed by atoms with Crippen LogP contribution in [0.2, 0.25) is 0 Å². The number of ether oxygens (including phenoxy) is 1. The van der Waals surface area contributed by atoms with Crippen LogP contribution in [0.3, 0.4) is 0 Å². The van der Waals surface area contributed by atoms with E-state index in [4.69, 9.17) is 4.74 Å². The first-order valence-electron chi connectivity index (χ1n) is 8.92. The number of carbonyl (C=O) groups excluding carboxylic acids is 2. The molecule has 0 bridgehead atoms. The van der Waals surface area contributed by atoms with Crippen molar-refractivity contribution in [3.05, 3.63) is 48.0 Å². The minimum Gasteiger partial charge on any atom is -0.493 e. The van der Waals surface area contributed by atoms with Crippen molar-refractivity contribution < 1.29 is 18.7 Å². The van der Waals surface area contributed by atoms with E-state index in [9.17, 15) is 14.0 Å². The molecule has 1 aliphatic heterocycles. The van der Waals surface area contributed by atoms with Crippen LogP contribution in [0, 0.1) is 5.82 Å².